The highest BCUT2D eigenvalue weighted by atomic mass is 32.1. The van der Waals surface area contributed by atoms with Gasteiger partial charge in [-0.25, -0.2) is 20.7 Å². The van der Waals surface area contributed by atoms with Gasteiger partial charge in [-0.05, 0) is 57.9 Å². The van der Waals surface area contributed by atoms with Crippen molar-refractivity contribution in [1.29, 1.82) is 0 Å². The van der Waals surface area contributed by atoms with E-state index >= 15 is 0 Å². The second-order valence-corrected chi connectivity index (χ2v) is 10.4. The maximum atomic E-state index is 14.7. The summed E-state index contributed by atoms with van der Waals surface area (Å²) in [4.78, 5) is 27.5. The van der Waals surface area contributed by atoms with Crippen molar-refractivity contribution < 1.29 is 13.9 Å². The van der Waals surface area contributed by atoms with Crippen LogP contribution >= 0.6 is 11.3 Å². The average molecular weight is 481 g/mol. The van der Waals surface area contributed by atoms with E-state index in [-0.39, 0.29) is 18.9 Å². The van der Waals surface area contributed by atoms with Crippen LogP contribution < -0.4 is 4.90 Å². The first-order valence-electron chi connectivity index (χ1n) is 10.9. The predicted molar refractivity (Wildman–Crippen MR) is 127 cm³/mol. The number of thiazole rings is 1. The zero-order valence-electron chi connectivity index (χ0n) is 19.3. The molecule has 1 aliphatic rings. The normalized spacial score (nSPS) is 14.7. The van der Waals surface area contributed by atoms with Gasteiger partial charge in [-0.1, -0.05) is 6.42 Å². The third kappa shape index (κ3) is 5.04. The Hall–Kier alpha value is -3.45. The smallest absolute Gasteiger partial charge is 0.416 e. The standard InChI is InChI=1S/C24H25FN6O2S/c1-23(2,3)33-22(32)31(15-24(10-6-11-24)20-17(25)7-5-12-27-20)19-9-8-18(29-30-19)21-28-14-16(34-21)13-26-4/h5,7-9,12,14H,6,10-11,13,15H2,1-3H3. The summed E-state index contributed by atoms with van der Waals surface area (Å²) in [6.45, 7) is 12.8. The third-order valence-corrected chi connectivity index (χ3v) is 6.59. The van der Waals surface area contributed by atoms with Gasteiger partial charge in [0.15, 0.2) is 5.82 Å². The van der Waals surface area contributed by atoms with E-state index in [9.17, 15) is 9.18 Å². The topological polar surface area (TPSA) is 85.5 Å². The fraction of sp³-hybridized carbons (Fsp3) is 0.417. The highest BCUT2D eigenvalue weighted by Crippen LogP contribution is 2.45. The zero-order valence-corrected chi connectivity index (χ0v) is 20.1. The molecule has 1 amide bonds. The molecule has 0 aliphatic heterocycles. The summed E-state index contributed by atoms with van der Waals surface area (Å²) in [5.74, 6) is -0.0784. The third-order valence-electron chi connectivity index (χ3n) is 5.58. The van der Waals surface area contributed by atoms with Crippen molar-refractivity contribution >= 4 is 23.2 Å². The van der Waals surface area contributed by atoms with Gasteiger partial charge in [-0.2, -0.15) is 0 Å². The molecule has 0 bridgehead atoms. The van der Waals surface area contributed by atoms with Crippen LogP contribution in [0.2, 0.25) is 0 Å². The first-order chi connectivity index (χ1) is 16.2. The van der Waals surface area contributed by atoms with Gasteiger partial charge < -0.3 is 9.58 Å². The summed E-state index contributed by atoms with van der Waals surface area (Å²) in [7, 11) is 0. The quantitative estimate of drug-likeness (QED) is 0.438. The second kappa shape index (κ2) is 9.43. The number of carbonyl (C=O) groups is 1. The highest BCUT2D eigenvalue weighted by Gasteiger charge is 2.45. The van der Waals surface area contributed by atoms with Crippen LogP contribution in [0.1, 0.15) is 50.6 Å². The summed E-state index contributed by atoms with van der Waals surface area (Å²) < 4.78 is 20.3. The van der Waals surface area contributed by atoms with Crippen LogP contribution in [0, 0.1) is 12.4 Å². The second-order valence-electron chi connectivity index (χ2n) is 9.26. The molecule has 0 radical (unpaired) electrons. The van der Waals surface area contributed by atoms with Crippen molar-refractivity contribution in [2.24, 2.45) is 0 Å². The van der Waals surface area contributed by atoms with E-state index in [1.807, 2.05) is 0 Å². The number of amides is 1. The molecule has 34 heavy (non-hydrogen) atoms. The van der Waals surface area contributed by atoms with Crippen molar-refractivity contribution in [1.82, 2.24) is 20.2 Å². The van der Waals surface area contributed by atoms with Crippen LogP contribution in [-0.4, -0.2) is 38.4 Å². The molecular weight excluding hydrogens is 455 g/mol. The van der Waals surface area contributed by atoms with Gasteiger partial charge in [0.05, 0.1) is 5.69 Å². The maximum Gasteiger partial charge on any atom is 0.416 e. The van der Waals surface area contributed by atoms with E-state index < -0.39 is 17.1 Å². The molecule has 0 atom stereocenters. The number of nitrogens with zero attached hydrogens (tertiary/aromatic N) is 6. The largest absolute Gasteiger partial charge is 0.443 e. The lowest BCUT2D eigenvalue weighted by molar-refractivity contribution is 0.0557. The number of anilines is 1. The molecule has 0 unspecified atom stereocenters. The van der Waals surface area contributed by atoms with Gasteiger partial charge in [0, 0.05) is 24.4 Å². The number of rotatable bonds is 6. The first-order valence-corrected chi connectivity index (χ1v) is 11.8. The highest BCUT2D eigenvalue weighted by molar-refractivity contribution is 7.15. The van der Waals surface area contributed by atoms with Crippen molar-refractivity contribution in [3.8, 4) is 10.7 Å². The molecule has 4 rings (SSSR count). The Bertz CT molecular complexity index is 1210. The van der Waals surface area contributed by atoms with Crippen molar-refractivity contribution in [2.45, 2.75) is 57.6 Å². The Morgan fingerprint density at radius 3 is 2.65 bits per heavy atom. The Kier molecular flexibility index (Phi) is 6.57. The fourth-order valence-corrected chi connectivity index (χ4v) is 4.67. The molecule has 1 saturated carbocycles. The number of hydrogen-bond donors (Lipinski definition) is 0. The SMILES string of the molecule is [C-]#[N+]Cc1cnc(-c2ccc(N(CC3(c4ncccc4F)CCC3)C(=O)OC(C)(C)C)nn2)s1. The van der Waals surface area contributed by atoms with Crippen LogP contribution in [0.3, 0.4) is 0 Å². The molecule has 1 fully saturated rings. The van der Waals surface area contributed by atoms with Crippen LogP contribution in [0.25, 0.3) is 15.5 Å². The van der Waals surface area contributed by atoms with E-state index in [4.69, 9.17) is 11.3 Å². The summed E-state index contributed by atoms with van der Waals surface area (Å²) in [5.41, 5.74) is -0.434. The number of hydrogen-bond acceptors (Lipinski definition) is 7. The van der Waals surface area contributed by atoms with Gasteiger partial charge >= 0.3 is 6.09 Å². The number of carbonyl (C=O) groups excluding carboxylic acids is 1. The molecule has 3 aromatic heterocycles. The van der Waals surface area contributed by atoms with Crippen LogP contribution in [0.15, 0.2) is 36.7 Å². The number of pyridine rings is 1. The Morgan fingerprint density at radius 1 is 1.26 bits per heavy atom. The van der Waals surface area contributed by atoms with Crippen molar-refractivity contribution in [2.75, 3.05) is 11.4 Å². The van der Waals surface area contributed by atoms with E-state index in [2.05, 4.69) is 25.0 Å². The number of aromatic nitrogens is 4. The predicted octanol–water partition coefficient (Wildman–Crippen LogP) is 5.42. The van der Waals surface area contributed by atoms with E-state index in [0.717, 1.165) is 11.3 Å². The summed E-state index contributed by atoms with van der Waals surface area (Å²) in [5, 5.41) is 9.20. The van der Waals surface area contributed by atoms with Gasteiger partial charge in [0.2, 0.25) is 6.54 Å². The van der Waals surface area contributed by atoms with Gasteiger partial charge in [0.1, 0.15) is 27.0 Å². The van der Waals surface area contributed by atoms with E-state index in [1.54, 1.807) is 51.4 Å². The molecule has 0 aromatic carbocycles. The van der Waals surface area contributed by atoms with Crippen LogP contribution in [-0.2, 0) is 16.7 Å². The molecule has 0 spiro atoms. The minimum Gasteiger partial charge on any atom is -0.443 e. The average Bonchev–Trinajstić information content (AvgIpc) is 3.22. The molecule has 1 aliphatic carbocycles. The van der Waals surface area contributed by atoms with Crippen molar-refractivity contribution in [3.63, 3.8) is 0 Å². The lowest BCUT2D eigenvalue weighted by Crippen LogP contribution is -2.50. The van der Waals surface area contributed by atoms with Crippen molar-refractivity contribution in [3.05, 3.63) is 64.5 Å². The lowest BCUT2D eigenvalue weighted by Gasteiger charge is -2.44. The molecule has 3 heterocycles. The molecule has 0 N–H and O–H groups in total. The molecule has 10 heteroatoms. The van der Waals surface area contributed by atoms with E-state index in [1.165, 1.54) is 22.3 Å². The number of ether oxygens (including phenoxy) is 1. The fourth-order valence-electron chi connectivity index (χ4n) is 3.87. The zero-order chi connectivity index (χ0) is 24.3. The minimum absolute atomic E-state index is 0.177. The number of halogens is 1. The van der Waals surface area contributed by atoms with Gasteiger partial charge in [-0.3, -0.25) is 9.88 Å². The van der Waals surface area contributed by atoms with Crippen LogP contribution in [0.5, 0.6) is 0 Å². The monoisotopic (exact) mass is 480 g/mol. The first kappa shape index (κ1) is 23.7. The van der Waals surface area contributed by atoms with Crippen LogP contribution in [0.4, 0.5) is 15.0 Å². The molecule has 8 nitrogen and oxygen atoms in total. The Balaban J connectivity index is 1.65. The minimum atomic E-state index is -0.716. The summed E-state index contributed by atoms with van der Waals surface area (Å²) in [6.07, 6.45) is 4.97. The molecular formula is C24H25FN6O2S. The van der Waals surface area contributed by atoms with E-state index in [0.29, 0.717) is 35.1 Å². The molecule has 176 valence electrons. The van der Waals surface area contributed by atoms with Gasteiger partial charge in [0.25, 0.3) is 0 Å². The Morgan fingerprint density at radius 2 is 2.06 bits per heavy atom. The molecule has 3 aromatic rings. The Labute approximate surface area is 201 Å². The summed E-state index contributed by atoms with van der Waals surface area (Å²) in [6, 6.07) is 6.37. The van der Waals surface area contributed by atoms with Gasteiger partial charge in [-0.15, -0.1) is 21.5 Å². The maximum absolute atomic E-state index is 14.7. The lowest BCUT2D eigenvalue weighted by atomic mass is 9.66. The summed E-state index contributed by atoms with van der Waals surface area (Å²) >= 11 is 1.38. The molecule has 0 saturated heterocycles.